The molecule has 0 N–H and O–H groups in total. The molecule has 30 heavy (non-hydrogen) atoms. The lowest BCUT2D eigenvalue weighted by Crippen LogP contribution is -2.60. The summed E-state index contributed by atoms with van der Waals surface area (Å²) in [4.78, 5) is 10.1. The molecule has 1 aliphatic rings. The van der Waals surface area contributed by atoms with E-state index in [2.05, 4.69) is 26.3 Å². The largest absolute Gasteiger partial charge is 0.861 e. The first kappa shape index (κ1) is 19.9. The van der Waals surface area contributed by atoms with Gasteiger partial charge in [-0.1, -0.05) is 42.1 Å². The van der Waals surface area contributed by atoms with Crippen LogP contribution in [0.4, 0.5) is 5.88 Å². The summed E-state index contributed by atoms with van der Waals surface area (Å²) < 4.78 is 5.17. The zero-order chi connectivity index (χ0) is 20.8. The van der Waals surface area contributed by atoms with Crippen LogP contribution in [-0.2, 0) is 0 Å². The SMILES string of the molecule is N#Cc1ccc(-c2ccccc2)nc1SC/C([O-])=N/c1c[n+](N2CCCCC2)no1. The predicted molar refractivity (Wildman–Crippen MR) is 111 cm³/mol. The molecule has 4 rings (SSSR count). The maximum absolute atomic E-state index is 12.3. The molecule has 0 radical (unpaired) electrons. The highest BCUT2D eigenvalue weighted by molar-refractivity contribution is 7.99. The normalized spacial score (nSPS) is 14.5. The maximum Gasteiger partial charge on any atom is 0.324 e. The van der Waals surface area contributed by atoms with Gasteiger partial charge in [0.2, 0.25) is 5.27 Å². The number of aliphatic imine (C=N–C) groups is 1. The van der Waals surface area contributed by atoms with Crippen molar-refractivity contribution in [2.45, 2.75) is 24.3 Å². The number of thioether (sulfide) groups is 1. The van der Waals surface area contributed by atoms with E-state index in [0.29, 0.717) is 10.6 Å². The third-order valence-corrected chi connectivity index (χ3v) is 5.66. The summed E-state index contributed by atoms with van der Waals surface area (Å²) >= 11 is 1.19. The van der Waals surface area contributed by atoms with E-state index >= 15 is 0 Å². The number of benzene rings is 1. The zero-order valence-electron chi connectivity index (χ0n) is 16.3. The number of nitriles is 1. The topological polar surface area (TPSA) is 105 Å². The van der Waals surface area contributed by atoms with Crippen LogP contribution in [0.5, 0.6) is 0 Å². The number of aromatic nitrogens is 3. The molecule has 1 aliphatic heterocycles. The number of pyridine rings is 1. The zero-order valence-corrected chi connectivity index (χ0v) is 17.1. The molecule has 3 aromatic rings. The van der Waals surface area contributed by atoms with Crippen LogP contribution >= 0.6 is 11.8 Å². The lowest BCUT2D eigenvalue weighted by molar-refractivity contribution is -0.759. The van der Waals surface area contributed by atoms with Gasteiger partial charge in [0.1, 0.15) is 11.1 Å². The van der Waals surface area contributed by atoms with Crippen LogP contribution in [0.2, 0.25) is 0 Å². The van der Waals surface area contributed by atoms with Crippen LogP contribution in [0.3, 0.4) is 0 Å². The lowest BCUT2D eigenvalue weighted by atomic mass is 10.1. The smallest absolute Gasteiger partial charge is 0.324 e. The average Bonchev–Trinajstić information content (AvgIpc) is 3.27. The van der Waals surface area contributed by atoms with Gasteiger partial charge in [-0.05, 0) is 37.3 Å². The van der Waals surface area contributed by atoms with Crippen LogP contribution in [0.25, 0.3) is 11.3 Å². The molecule has 152 valence electrons. The second-order valence-corrected chi connectivity index (χ2v) is 7.76. The van der Waals surface area contributed by atoms with Gasteiger partial charge in [-0.3, -0.25) is 4.52 Å². The lowest BCUT2D eigenvalue weighted by Gasteiger charge is -2.17. The molecule has 9 heteroatoms. The van der Waals surface area contributed by atoms with Crippen LogP contribution in [0.15, 0.2) is 63.2 Å². The summed E-state index contributed by atoms with van der Waals surface area (Å²) in [7, 11) is 0. The number of nitrogens with zero attached hydrogens (tertiary/aromatic N) is 6. The van der Waals surface area contributed by atoms with Gasteiger partial charge in [0.15, 0.2) is 0 Å². The first-order chi connectivity index (χ1) is 14.7. The second-order valence-electron chi connectivity index (χ2n) is 6.80. The van der Waals surface area contributed by atoms with Gasteiger partial charge in [-0.2, -0.15) is 10.3 Å². The fourth-order valence-corrected chi connectivity index (χ4v) is 3.94. The van der Waals surface area contributed by atoms with Gasteiger partial charge in [0, 0.05) is 11.3 Å². The Balaban J connectivity index is 1.45. The van der Waals surface area contributed by atoms with E-state index in [-0.39, 0.29) is 17.5 Å². The minimum Gasteiger partial charge on any atom is -0.861 e. The molecule has 0 atom stereocenters. The molecule has 3 heterocycles. The summed E-state index contributed by atoms with van der Waals surface area (Å²) in [5, 5.41) is 28.2. The molecule has 0 spiro atoms. The molecule has 1 saturated heterocycles. The van der Waals surface area contributed by atoms with Crippen LogP contribution in [-0.4, -0.2) is 35.0 Å². The molecule has 8 nitrogen and oxygen atoms in total. The van der Waals surface area contributed by atoms with Gasteiger partial charge in [-0.25, -0.2) is 9.98 Å². The summed E-state index contributed by atoms with van der Waals surface area (Å²) in [5.41, 5.74) is 2.12. The molecule has 0 aliphatic carbocycles. The summed E-state index contributed by atoms with van der Waals surface area (Å²) in [6, 6.07) is 15.3. The Morgan fingerprint density at radius 2 is 2.00 bits per heavy atom. The number of hydrogen-bond donors (Lipinski definition) is 0. The van der Waals surface area contributed by atoms with Crippen molar-refractivity contribution < 1.29 is 14.4 Å². The Hall–Kier alpha value is -3.38. The number of piperidine rings is 1. The Labute approximate surface area is 178 Å². The Morgan fingerprint density at radius 3 is 2.77 bits per heavy atom. The van der Waals surface area contributed by atoms with E-state index < -0.39 is 0 Å². The minimum atomic E-state index is -0.377. The van der Waals surface area contributed by atoms with Crippen LogP contribution < -0.4 is 14.9 Å². The fraction of sp³-hybridized carbons (Fsp3) is 0.286. The standard InChI is InChI=1S/C21H20N6O2S/c22-13-17-9-10-18(16-7-3-1-4-8-16)23-21(17)30-15-19(28)24-20-14-27(25-29-20)26-11-5-2-6-12-26/h1,3-4,7-10,14H,2,5-6,11-12,15H2. The van der Waals surface area contributed by atoms with Crippen molar-refractivity contribution in [1.82, 2.24) is 10.3 Å². The van der Waals surface area contributed by atoms with Gasteiger partial charge in [0.25, 0.3) is 6.20 Å². The van der Waals surface area contributed by atoms with Crippen LogP contribution in [0, 0.1) is 11.3 Å². The predicted octanol–water partition coefficient (Wildman–Crippen LogP) is 2.20. The molecule has 2 aromatic heterocycles. The molecule has 0 unspecified atom stereocenters. The summed E-state index contributed by atoms with van der Waals surface area (Å²) in [6.45, 7) is 1.81. The van der Waals surface area contributed by atoms with Crippen LogP contribution in [0.1, 0.15) is 24.8 Å². The average molecular weight is 420 g/mol. The highest BCUT2D eigenvalue weighted by Gasteiger charge is 2.22. The molecule has 1 aromatic carbocycles. The van der Waals surface area contributed by atoms with Gasteiger partial charge in [0.05, 0.1) is 29.1 Å². The van der Waals surface area contributed by atoms with E-state index in [0.717, 1.165) is 37.2 Å². The molecule has 1 fully saturated rings. The highest BCUT2D eigenvalue weighted by Crippen LogP contribution is 2.25. The van der Waals surface area contributed by atoms with Crippen molar-refractivity contribution in [2.75, 3.05) is 23.9 Å². The number of rotatable bonds is 6. The molecule has 0 bridgehead atoms. The first-order valence-electron chi connectivity index (χ1n) is 9.71. The van der Waals surface area contributed by atoms with E-state index in [1.165, 1.54) is 18.2 Å². The minimum absolute atomic E-state index is 0.0460. The maximum atomic E-state index is 12.3. The van der Waals surface area contributed by atoms with E-state index in [9.17, 15) is 10.4 Å². The van der Waals surface area contributed by atoms with E-state index in [4.69, 9.17) is 4.52 Å². The van der Waals surface area contributed by atoms with Crippen molar-refractivity contribution in [1.29, 1.82) is 5.26 Å². The van der Waals surface area contributed by atoms with Crippen molar-refractivity contribution in [3.05, 3.63) is 54.2 Å². The second kappa shape index (κ2) is 9.41. The molecular formula is C21H20N6O2S. The Morgan fingerprint density at radius 1 is 1.20 bits per heavy atom. The highest BCUT2D eigenvalue weighted by atomic mass is 32.2. The monoisotopic (exact) mass is 420 g/mol. The van der Waals surface area contributed by atoms with Crippen molar-refractivity contribution in [3.63, 3.8) is 0 Å². The third-order valence-electron chi connectivity index (χ3n) is 4.68. The van der Waals surface area contributed by atoms with Gasteiger partial charge >= 0.3 is 5.88 Å². The molecule has 0 saturated carbocycles. The Bertz CT molecular complexity index is 1070. The molecular weight excluding hydrogens is 400 g/mol. The Kier molecular flexibility index (Phi) is 6.25. The third kappa shape index (κ3) is 4.78. The van der Waals surface area contributed by atoms with Crippen molar-refractivity contribution in [2.24, 2.45) is 4.99 Å². The molecule has 0 amide bonds. The number of hydrogen-bond acceptors (Lipinski definition) is 8. The summed E-state index contributed by atoms with van der Waals surface area (Å²) in [6.07, 6.45) is 5.05. The quantitative estimate of drug-likeness (QED) is 0.260. The van der Waals surface area contributed by atoms with E-state index in [1.54, 1.807) is 23.1 Å². The first-order valence-corrected chi connectivity index (χ1v) is 10.7. The van der Waals surface area contributed by atoms with Crippen molar-refractivity contribution in [3.8, 4) is 17.3 Å². The van der Waals surface area contributed by atoms with Gasteiger partial charge in [-0.15, -0.1) is 0 Å². The van der Waals surface area contributed by atoms with Gasteiger partial charge < -0.3 is 5.11 Å². The van der Waals surface area contributed by atoms with Crippen molar-refractivity contribution >= 4 is 23.5 Å². The van der Waals surface area contributed by atoms with E-state index in [1.807, 2.05) is 30.3 Å². The fourth-order valence-electron chi connectivity index (χ4n) is 3.18. The summed E-state index contributed by atoms with van der Waals surface area (Å²) in [5.74, 6) is -0.167.